The topological polar surface area (TPSA) is 56.7 Å². The van der Waals surface area contributed by atoms with Crippen LogP contribution in [0.5, 0.6) is 0 Å². The van der Waals surface area contributed by atoms with Gasteiger partial charge in [0.15, 0.2) is 5.96 Å². The lowest BCUT2D eigenvalue weighted by Crippen LogP contribution is -2.38. The number of halogens is 2. The number of hydrogen-bond acceptors (Lipinski definition) is 2. The number of benzene rings is 2. The van der Waals surface area contributed by atoms with E-state index in [9.17, 15) is 9.18 Å². The molecule has 3 rings (SSSR count). The molecule has 0 atom stereocenters. The van der Waals surface area contributed by atoms with Crippen LogP contribution in [0.1, 0.15) is 42.0 Å². The minimum atomic E-state index is -0.201. The lowest BCUT2D eigenvalue weighted by atomic mass is 10.1. The number of likely N-dealkylation sites (tertiary alicyclic amines) is 1. The minimum absolute atomic E-state index is 0. The third-order valence-electron chi connectivity index (χ3n) is 5.39. The molecule has 5 nitrogen and oxygen atoms in total. The van der Waals surface area contributed by atoms with Crippen molar-refractivity contribution in [1.29, 1.82) is 0 Å². The van der Waals surface area contributed by atoms with E-state index < -0.39 is 0 Å². The summed E-state index contributed by atoms with van der Waals surface area (Å²) in [6, 6.07) is 13.1. The molecule has 0 saturated carbocycles. The summed E-state index contributed by atoms with van der Waals surface area (Å²) in [5.41, 5.74) is 4.36. The first kappa shape index (κ1) is 25.1. The van der Waals surface area contributed by atoms with Gasteiger partial charge in [-0.3, -0.25) is 4.79 Å². The Morgan fingerprint density at radius 1 is 1.13 bits per heavy atom. The number of rotatable bonds is 8. The summed E-state index contributed by atoms with van der Waals surface area (Å²) >= 11 is 0. The number of carbonyl (C=O) groups excluding carboxylic acids is 1. The third-order valence-corrected chi connectivity index (χ3v) is 5.39. The molecule has 31 heavy (non-hydrogen) atoms. The Morgan fingerprint density at radius 2 is 1.90 bits per heavy atom. The smallest absolute Gasteiger partial charge is 0.222 e. The lowest BCUT2D eigenvalue weighted by molar-refractivity contribution is -0.128. The van der Waals surface area contributed by atoms with Crippen molar-refractivity contribution in [3.05, 3.63) is 70.5 Å². The second-order valence-corrected chi connectivity index (χ2v) is 7.63. The van der Waals surface area contributed by atoms with Gasteiger partial charge in [0.1, 0.15) is 5.82 Å². The molecule has 2 N–H and O–H groups in total. The largest absolute Gasteiger partial charge is 0.357 e. The highest BCUT2D eigenvalue weighted by Gasteiger charge is 2.20. The van der Waals surface area contributed by atoms with E-state index in [2.05, 4.69) is 22.8 Å². The standard InChI is InChI=1S/C24H31FN4O.HI/c1-3-26-24(27-13-12-19-10-11-22(25)15-18(19)2)28-16-20-7-4-5-8-21(20)17-29-14-6-9-23(29)30;/h4-5,7-8,10-11,15H,3,6,9,12-14,16-17H2,1-2H3,(H2,26,27,28);1H. The van der Waals surface area contributed by atoms with Crippen molar-refractivity contribution in [2.24, 2.45) is 4.99 Å². The maximum atomic E-state index is 13.3. The number of nitrogens with one attached hydrogen (secondary N) is 2. The van der Waals surface area contributed by atoms with E-state index in [-0.39, 0.29) is 35.7 Å². The normalized spacial score (nSPS) is 13.8. The molecule has 0 aliphatic carbocycles. The zero-order chi connectivity index (χ0) is 21.3. The van der Waals surface area contributed by atoms with Crippen LogP contribution in [0.4, 0.5) is 4.39 Å². The Hall–Kier alpha value is -2.16. The van der Waals surface area contributed by atoms with Crippen LogP contribution in [0.3, 0.4) is 0 Å². The molecule has 1 heterocycles. The Morgan fingerprint density at radius 3 is 2.58 bits per heavy atom. The highest BCUT2D eigenvalue weighted by Crippen LogP contribution is 2.18. The van der Waals surface area contributed by atoms with Crippen LogP contribution >= 0.6 is 24.0 Å². The second-order valence-electron chi connectivity index (χ2n) is 7.63. The molecule has 1 saturated heterocycles. The second kappa shape index (κ2) is 12.6. The van der Waals surface area contributed by atoms with Crippen LogP contribution in [-0.2, 0) is 24.3 Å². The van der Waals surface area contributed by atoms with Crippen LogP contribution in [0.25, 0.3) is 0 Å². The molecule has 2 aromatic rings. The maximum absolute atomic E-state index is 13.3. The molecular formula is C24H32FIN4O. The fraction of sp³-hybridized carbons (Fsp3) is 0.417. The number of aryl methyl sites for hydroxylation is 1. The molecule has 0 bridgehead atoms. The molecule has 0 radical (unpaired) electrons. The maximum Gasteiger partial charge on any atom is 0.222 e. The molecule has 1 aliphatic heterocycles. The van der Waals surface area contributed by atoms with Crippen LogP contribution < -0.4 is 10.6 Å². The van der Waals surface area contributed by atoms with Crippen molar-refractivity contribution in [2.45, 2.75) is 46.2 Å². The highest BCUT2D eigenvalue weighted by atomic mass is 127. The first-order valence-corrected chi connectivity index (χ1v) is 10.7. The van der Waals surface area contributed by atoms with Gasteiger partial charge in [-0.05, 0) is 61.1 Å². The van der Waals surface area contributed by atoms with Gasteiger partial charge in [-0.25, -0.2) is 9.38 Å². The Bertz CT molecular complexity index is 903. The van der Waals surface area contributed by atoms with Gasteiger partial charge in [0.05, 0.1) is 6.54 Å². The summed E-state index contributed by atoms with van der Waals surface area (Å²) in [4.78, 5) is 18.6. The number of amides is 1. The summed E-state index contributed by atoms with van der Waals surface area (Å²) in [6.07, 6.45) is 2.40. The Labute approximate surface area is 201 Å². The number of nitrogens with zero attached hydrogens (tertiary/aromatic N) is 2. The van der Waals surface area contributed by atoms with Gasteiger partial charge in [-0.2, -0.15) is 0 Å². The summed E-state index contributed by atoms with van der Waals surface area (Å²) in [5, 5.41) is 6.64. The number of guanidine groups is 1. The van der Waals surface area contributed by atoms with Crippen LogP contribution in [-0.4, -0.2) is 36.4 Å². The molecule has 0 spiro atoms. The zero-order valence-corrected chi connectivity index (χ0v) is 20.6. The predicted octanol–water partition coefficient (Wildman–Crippen LogP) is 4.17. The Kier molecular flexibility index (Phi) is 10.2. The van der Waals surface area contributed by atoms with Gasteiger partial charge in [0, 0.05) is 32.6 Å². The van der Waals surface area contributed by atoms with Crippen molar-refractivity contribution >= 4 is 35.8 Å². The molecule has 7 heteroatoms. The van der Waals surface area contributed by atoms with Crippen molar-refractivity contribution in [1.82, 2.24) is 15.5 Å². The van der Waals surface area contributed by atoms with Gasteiger partial charge in [0.2, 0.25) is 5.91 Å². The van der Waals surface area contributed by atoms with E-state index in [1.54, 1.807) is 6.07 Å². The van der Waals surface area contributed by atoms with Crippen molar-refractivity contribution in [3.8, 4) is 0 Å². The molecule has 0 unspecified atom stereocenters. The van der Waals surface area contributed by atoms with E-state index in [1.807, 2.05) is 36.9 Å². The molecule has 2 aromatic carbocycles. The molecule has 1 fully saturated rings. The SMILES string of the molecule is CCNC(=NCc1ccccc1CN1CCCC1=O)NCCc1ccc(F)cc1C.I. The molecule has 168 valence electrons. The van der Waals surface area contributed by atoms with Crippen molar-refractivity contribution < 1.29 is 9.18 Å². The first-order valence-electron chi connectivity index (χ1n) is 10.7. The summed E-state index contributed by atoms with van der Waals surface area (Å²) < 4.78 is 13.3. The molecular weight excluding hydrogens is 506 g/mol. The van der Waals surface area contributed by atoms with Crippen LogP contribution in [0.2, 0.25) is 0 Å². The summed E-state index contributed by atoms with van der Waals surface area (Å²) in [6.45, 7) is 7.48. The fourth-order valence-electron chi connectivity index (χ4n) is 3.70. The van der Waals surface area contributed by atoms with Crippen molar-refractivity contribution in [3.63, 3.8) is 0 Å². The number of carbonyl (C=O) groups is 1. The number of aliphatic imine (C=N–C) groups is 1. The first-order chi connectivity index (χ1) is 14.6. The highest BCUT2D eigenvalue weighted by molar-refractivity contribution is 14.0. The van der Waals surface area contributed by atoms with Gasteiger partial charge in [0.25, 0.3) is 0 Å². The average Bonchev–Trinajstić information content (AvgIpc) is 3.13. The quantitative estimate of drug-likeness (QED) is 0.302. The average molecular weight is 538 g/mol. The van der Waals surface area contributed by atoms with E-state index in [4.69, 9.17) is 4.99 Å². The van der Waals surface area contributed by atoms with E-state index in [1.165, 1.54) is 6.07 Å². The van der Waals surface area contributed by atoms with E-state index in [0.717, 1.165) is 54.1 Å². The third kappa shape index (κ3) is 7.48. The van der Waals surface area contributed by atoms with Crippen molar-refractivity contribution in [2.75, 3.05) is 19.6 Å². The predicted molar refractivity (Wildman–Crippen MR) is 134 cm³/mol. The molecule has 1 aliphatic rings. The van der Waals surface area contributed by atoms with E-state index >= 15 is 0 Å². The Balaban J connectivity index is 0.00000341. The van der Waals surface area contributed by atoms with Gasteiger partial charge >= 0.3 is 0 Å². The van der Waals surface area contributed by atoms with E-state index in [0.29, 0.717) is 26.1 Å². The van der Waals surface area contributed by atoms with Crippen LogP contribution in [0.15, 0.2) is 47.5 Å². The summed E-state index contributed by atoms with van der Waals surface area (Å²) in [7, 11) is 0. The minimum Gasteiger partial charge on any atom is -0.357 e. The van der Waals surface area contributed by atoms with Crippen LogP contribution in [0, 0.1) is 12.7 Å². The van der Waals surface area contributed by atoms with Gasteiger partial charge < -0.3 is 15.5 Å². The molecule has 1 amide bonds. The fourth-order valence-corrected chi connectivity index (χ4v) is 3.70. The molecule has 0 aromatic heterocycles. The lowest BCUT2D eigenvalue weighted by Gasteiger charge is -2.18. The summed E-state index contributed by atoms with van der Waals surface area (Å²) in [5.74, 6) is 0.789. The van der Waals surface area contributed by atoms with Gasteiger partial charge in [-0.15, -0.1) is 24.0 Å². The number of hydrogen-bond donors (Lipinski definition) is 2. The monoisotopic (exact) mass is 538 g/mol. The zero-order valence-electron chi connectivity index (χ0n) is 18.3. The van der Waals surface area contributed by atoms with Gasteiger partial charge in [-0.1, -0.05) is 30.3 Å².